The summed E-state index contributed by atoms with van der Waals surface area (Å²) >= 11 is 3.55. The predicted molar refractivity (Wildman–Crippen MR) is 36.0 cm³/mol. The molecule has 38 valence electrons. The quantitative estimate of drug-likeness (QED) is 0.418. The number of carbonyl (C=O) groups is 1. The third-order valence-electron chi connectivity index (χ3n) is 0.494. The molecule has 0 saturated carbocycles. The fraction of sp³-hybridized carbons (Fsp3) is 0.750. The fourth-order valence-electron chi connectivity index (χ4n) is 0. The molecule has 0 aliphatic rings. The van der Waals surface area contributed by atoms with E-state index >= 15 is 0 Å². The van der Waals surface area contributed by atoms with E-state index in [1.54, 1.807) is 0 Å². The van der Waals surface area contributed by atoms with Crippen LogP contribution in [0.1, 0.15) is 13.8 Å². The first-order valence-electron chi connectivity index (χ1n) is 1.87. The minimum atomic E-state index is -0.0463. The van der Waals surface area contributed by atoms with Crippen LogP contribution >= 0.6 is 12.6 Å². The summed E-state index contributed by atoms with van der Waals surface area (Å²) in [5, 5.41) is -0.0463. The van der Waals surface area contributed by atoms with Crippen LogP contribution < -0.4 is 0 Å². The van der Waals surface area contributed by atoms with E-state index < -0.39 is 0 Å². The van der Waals surface area contributed by atoms with Gasteiger partial charge >= 0.3 is 51.4 Å². The first-order valence-corrected chi connectivity index (χ1v) is 2.32. The molecule has 0 heterocycles. The normalized spacial score (nSPS) is 8.00. The Morgan fingerprint density at radius 2 is 1.71 bits per heavy atom. The summed E-state index contributed by atoms with van der Waals surface area (Å²) in [5.74, 6) is 0.0772. The Labute approximate surface area is 92.1 Å². The molecule has 0 aromatic carbocycles. The topological polar surface area (TPSA) is 17.1 Å². The zero-order valence-corrected chi connectivity index (χ0v) is 4.83. The van der Waals surface area contributed by atoms with Crippen molar-refractivity contribution in [1.82, 2.24) is 0 Å². The van der Waals surface area contributed by atoms with E-state index in [4.69, 9.17) is 0 Å². The molecule has 3 heteroatoms. The van der Waals surface area contributed by atoms with Crippen LogP contribution in [-0.2, 0) is 4.79 Å². The number of thiol groups is 1. The van der Waals surface area contributed by atoms with Crippen molar-refractivity contribution in [3.63, 3.8) is 0 Å². The summed E-state index contributed by atoms with van der Waals surface area (Å²) in [6, 6.07) is 0. The second-order valence-electron chi connectivity index (χ2n) is 1.49. The molecule has 0 aromatic heterocycles. The summed E-state index contributed by atoms with van der Waals surface area (Å²) in [7, 11) is 0. The van der Waals surface area contributed by atoms with Gasteiger partial charge in [0.25, 0.3) is 0 Å². The van der Waals surface area contributed by atoms with E-state index in [9.17, 15) is 4.79 Å². The molecule has 0 rings (SSSR count). The zero-order valence-electron chi connectivity index (χ0n) is 3.93. The minimum absolute atomic E-state index is 0. The molecular weight excluding hydrogens is 135 g/mol. The second-order valence-corrected chi connectivity index (χ2v) is 1.93. The van der Waals surface area contributed by atoms with Crippen LogP contribution in [0.4, 0.5) is 0 Å². The SMILES string of the molecule is CC(C)C(=O)S.[KH]. The van der Waals surface area contributed by atoms with Crippen molar-refractivity contribution in [2.45, 2.75) is 13.8 Å². The fourth-order valence-corrected chi connectivity index (χ4v) is 0. The summed E-state index contributed by atoms with van der Waals surface area (Å²) in [6.45, 7) is 3.63. The van der Waals surface area contributed by atoms with Crippen molar-refractivity contribution in [3.8, 4) is 0 Å². The average Bonchev–Trinajstić information content (AvgIpc) is 1.36. The van der Waals surface area contributed by atoms with Crippen LogP contribution in [0, 0.1) is 5.92 Å². The van der Waals surface area contributed by atoms with Gasteiger partial charge in [-0.25, -0.2) is 0 Å². The first-order chi connectivity index (χ1) is 2.64. The third-order valence-corrected chi connectivity index (χ3v) is 1.01. The molecule has 0 atom stereocenters. The van der Waals surface area contributed by atoms with Gasteiger partial charge in [-0.1, -0.05) is 13.8 Å². The van der Waals surface area contributed by atoms with Crippen LogP contribution in [0.2, 0.25) is 0 Å². The molecule has 0 aliphatic carbocycles. The molecule has 0 fully saturated rings. The maximum absolute atomic E-state index is 10.0. The Bertz CT molecular complexity index is 62.7. The maximum atomic E-state index is 10.0. The van der Waals surface area contributed by atoms with Crippen LogP contribution in [0.5, 0.6) is 0 Å². The zero-order chi connectivity index (χ0) is 5.15. The van der Waals surface area contributed by atoms with E-state index in [-0.39, 0.29) is 62.4 Å². The summed E-state index contributed by atoms with van der Waals surface area (Å²) in [5.41, 5.74) is 0. The monoisotopic (exact) mass is 144 g/mol. The Kier molecular flexibility index (Phi) is 9.47. The second kappa shape index (κ2) is 5.79. The van der Waals surface area contributed by atoms with Crippen molar-refractivity contribution >= 4 is 69.1 Å². The third kappa shape index (κ3) is 7.66. The molecule has 0 amide bonds. The van der Waals surface area contributed by atoms with Crippen LogP contribution in [0.25, 0.3) is 0 Å². The van der Waals surface area contributed by atoms with Gasteiger partial charge in [-0.3, -0.25) is 4.79 Å². The van der Waals surface area contributed by atoms with E-state index in [0.29, 0.717) is 0 Å². The van der Waals surface area contributed by atoms with Gasteiger partial charge in [0.2, 0.25) is 0 Å². The Balaban J connectivity index is 0. The van der Waals surface area contributed by atoms with Crippen molar-refractivity contribution in [2.24, 2.45) is 5.92 Å². The molecule has 0 aliphatic heterocycles. The van der Waals surface area contributed by atoms with Gasteiger partial charge in [0.05, 0.1) is 0 Å². The van der Waals surface area contributed by atoms with Gasteiger partial charge in [0.1, 0.15) is 0 Å². The number of hydrogen-bond donors (Lipinski definition) is 1. The molecule has 0 saturated heterocycles. The molecule has 1 nitrogen and oxygen atoms in total. The molecule has 7 heavy (non-hydrogen) atoms. The molecular formula is C4H9KOS. The van der Waals surface area contributed by atoms with Crippen molar-refractivity contribution in [3.05, 3.63) is 0 Å². The summed E-state index contributed by atoms with van der Waals surface area (Å²) in [6.07, 6.45) is 0. The van der Waals surface area contributed by atoms with Gasteiger partial charge in [-0.15, -0.1) is 12.6 Å². The van der Waals surface area contributed by atoms with Crippen molar-refractivity contribution in [1.29, 1.82) is 0 Å². The molecule has 0 bridgehead atoms. The average molecular weight is 144 g/mol. The van der Waals surface area contributed by atoms with E-state index in [1.807, 2.05) is 13.8 Å². The Morgan fingerprint density at radius 1 is 1.57 bits per heavy atom. The van der Waals surface area contributed by atoms with Crippen molar-refractivity contribution in [2.75, 3.05) is 0 Å². The Morgan fingerprint density at radius 3 is 1.71 bits per heavy atom. The predicted octanol–water partition coefficient (Wildman–Crippen LogP) is 0.450. The first kappa shape index (κ1) is 11.5. The van der Waals surface area contributed by atoms with Gasteiger partial charge in [-0.05, 0) is 0 Å². The van der Waals surface area contributed by atoms with Crippen LogP contribution in [0.15, 0.2) is 0 Å². The van der Waals surface area contributed by atoms with Crippen LogP contribution in [-0.4, -0.2) is 56.5 Å². The molecule has 0 unspecified atom stereocenters. The van der Waals surface area contributed by atoms with E-state index in [0.717, 1.165) is 0 Å². The summed E-state index contributed by atoms with van der Waals surface area (Å²) in [4.78, 5) is 10.0. The molecule has 0 spiro atoms. The van der Waals surface area contributed by atoms with Gasteiger partial charge in [0, 0.05) is 5.92 Å². The van der Waals surface area contributed by atoms with E-state index in [2.05, 4.69) is 12.6 Å². The Hall–Kier alpha value is 1.66. The molecule has 0 aromatic rings. The molecule has 0 radical (unpaired) electrons. The van der Waals surface area contributed by atoms with Gasteiger partial charge < -0.3 is 0 Å². The van der Waals surface area contributed by atoms with Crippen molar-refractivity contribution < 1.29 is 4.79 Å². The number of rotatable bonds is 1. The number of hydrogen-bond acceptors (Lipinski definition) is 1. The van der Waals surface area contributed by atoms with Gasteiger partial charge in [-0.2, -0.15) is 0 Å². The van der Waals surface area contributed by atoms with Crippen LogP contribution in [0.3, 0.4) is 0 Å². The van der Waals surface area contributed by atoms with Gasteiger partial charge in [0.15, 0.2) is 5.12 Å². The molecule has 0 N–H and O–H groups in total. The summed E-state index contributed by atoms with van der Waals surface area (Å²) < 4.78 is 0. The van der Waals surface area contributed by atoms with E-state index in [1.165, 1.54) is 0 Å². The standard InChI is InChI=1S/C4H8OS.K.H/c1-3(2)4(5)6;;/h3H,1-2H3,(H,5,6);;. The number of carbonyl (C=O) groups excluding carboxylic acids is 1.